The second-order valence-corrected chi connectivity index (χ2v) is 22.0. The number of rotatable bonds is 12. The zero-order valence-electron chi connectivity index (χ0n) is 34.8. The van der Waals surface area contributed by atoms with Crippen LogP contribution in [0, 0.1) is 11.6 Å². The predicted octanol–water partition coefficient (Wildman–Crippen LogP) is 10.3. The Hall–Kier alpha value is -5.17. The lowest BCUT2D eigenvalue weighted by Crippen LogP contribution is -2.16. The number of nitrogens with zero attached hydrogens (tertiary/aromatic N) is 5. The number of carbonyl (C=O) groups is 2. The molecule has 12 nitrogen and oxygen atoms in total. The van der Waals surface area contributed by atoms with E-state index in [4.69, 9.17) is 48.9 Å². The highest BCUT2D eigenvalue weighted by Crippen LogP contribution is 2.38. The molecule has 1 amide bonds. The van der Waals surface area contributed by atoms with Crippen LogP contribution in [0.2, 0.25) is 29.7 Å². The molecule has 0 unspecified atom stereocenters. The molecule has 1 aliphatic heterocycles. The average Bonchev–Trinajstić information content (AvgIpc) is 4.04. The van der Waals surface area contributed by atoms with Crippen LogP contribution in [-0.4, -0.2) is 74.5 Å². The van der Waals surface area contributed by atoms with Crippen LogP contribution in [0.5, 0.6) is 11.5 Å². The minimum Gasteiger partial charge on any atom is -0.496 e. The number of halogens is 4. The van der Waals surface area contributed by atoms with Crippen molar-refractivity contribution in [1.82, 2.24) is 20.4 Å². The number of aldehydes is 1. The fraction of sp³-hybridized carbons (Fsp3) is 0.295. The highest BCUT2D eigenvalue weighted by atomic mass is 35.5. The van der Waals surface area contributed by atoms with Crippen LogP contribution in [0.4, 0.5) is 13.9 Å². The highest BCUT2D eigenvalue weighted by Gasteiger charge is 2.20. The summed E-state index contributed by atoms with van der Waals surface area (Å²) >= 11 is 14.5. The molecular formula is C44H51Cl2F2N7O5S2Si. The van der Waals surface area contributed by atoms with E-state index < -0.39 is 20.0 Å². The van der Waals surface area contributed by atoms with Gasteiger partial charge in [-0.05, 0) is 91.1 Å². The van der Waals surface area contributed by atoms with Gasteiger partial charge in [0.1, 0.15) is 38.2 Å². The molecule has 6 aromatic rings. The summed E-state index contributed by atoms with van der Waals surface area (Å²) in [5.74, 6) is -0.379. The number of nitrogen functional groups attached to an aromatic ring is 1. The zero-order chi connectivity index (χ0) is 45.2. The average molecular weight is 959 g/mol. The summed E-state index contributed by atoms with van der Waals surface area (Å²) in [7, 11) is 1.66. The molecule has 3 heterocycles. The molecule has 4 N–H and O–H groups in total. The smallest absolute Gasteiger partial charge is 0.224 e. The highest BCUT2D eigenvalue weighted by molar-refractivity contribution is 7.15. The van der Waals surface area contributed by atoms with Gasteiger partial charge in [0.05, 0.1) is 38.0 Å². The van der Waals surface area contributed by atoms with E-state index in [9.17, 15) is 9.59 Å². The van der Waals surface area contributed by atoms with Crippen LogP contribution in [0.25, 0.3) is 22.3 Å². The maximum Gasteiger partial charge on any atom is 0.224 e. The SMILES string of the molecule is C.C1CCOC1.COc1ccc(Cc2nnc(CC(N)=O)s2)c(F)c1-c1cccc(Cl)c1.COc1ccc(Cc2nnc(N)s2)c(F)c1-c1cccc(Cl)c1.C[Si](C)(C)N=CC=O. The molecule has 0 saturated carbocycles. The maximum absolute atomic E-state index is 15.2. The molecule has 1 aliphatic rings. The normalized spacial score (nSPS) is 11.8. The van der Waals surface area contributed by atoms with Gasteiger partial charge in [-0.3, -0.25) is 9.59 Å². The van der Waals surface area contributed by atoms with Gasteiger partial charge in [-0.1, -0.05) is 78.4 Å². The lowest BCUT2D eigenvalue weighted by molar-refractivity contribution is -0.117. The van der Waals surface area contributed by atoms with E-state index >= 15 is 8.78 Å². The van der Waals surface area contributed by atoms with E-state index in [-0.39, 0.29) is 26.1 Å². The fourth-order valence-corrected chi connectivity index (χ4v) is 8.05. The van der Waals surface area contributed by atoms with Crippen molar-refractivity contribution >= 4 is 77.7 Å². The predicted molar refractivity (Wildman–Crippen MR) is 254 cm³/mol. The van der Waals surface area contributed by atoms with Gasteiger partial charge in [0.2, 0.25) is 11.0 Å². The first-order valence-electron chi connectivity index (χ1n) is 19.1. The number of benzene rings is 4. The van der Waals surface area contributed by atoms with E-state index in [1.807, 2.05) is 0 Å². The van der Waals surface area contributed by atoms with Crippen LogP contribution in [-0.2, 0) is 33.6 Å². The summed E-state index contributed by atoms with van der Waals surface area (Å²) in [6, 6.07) is 20.7. The Morgan fingerprint density at radius 1 is 0.794 bits per heavy atom. The number of hydrogen-bond acceptors (Lipinski definition) is 13. The summed E-state index contributed by atoms with van der Waals surface area (Å²) in [5.41, 5.74) is 13.7. The number of aromatic nitrogens is 4. The first-order valence-corrected chi connectivity index (χ1v) is 24.9. The van der Waals surface area contributed by atoms with E-state index in [1.165, 1.54) is 55.9 Å². The minimum atomic E-state index is -1.34. The van der Waals surface area contributed by atoms with Crippen molar-refractivity contribution in [2.75, 3.05) is 33.2 Å². The molecule has 1 fully saturated rings. The Morgan fingerprint density at radius 2 is 1.27 bits per heavy atom. The largest absolute Gasteiger partial charge is 0.496 e. The Labute approximate surface area is 385 Å². The third-order valence-corrected chi connectivity index (χ3v) is 11.5. The van der Waals surface area contributed by atoms with Gasteiger partial charge in [0.25, 0.3) is 0 Å². The molecule has 0 spiro atoms. The summed E-state index contributed by atoms with van der Waals surface area (Å²) in [4.78, 5) is 20.7. The van der Waals surface area contributed by atoms with Crippen LogP contribution in [0.1, 0.15) is 46.4 Å². The second kappa shape index (κ2) is 25.8. The monoisotopic (exact) mass is 957 g/mol. The van der Waals surface area contributed by atoms with Crippen LogP contribution in [0.3, 0.4) is 0 Å². The van der Waals surface area contributed by atoms with Crippen molar-refractivity contribution in [3.8, 4) is 33.8 Å². The third kappa shape index (κ3) is 16.8. The van der Waals surface area contributed by atoms with Gasteiger partial charge in [0, 0.05) is 36.1 Å². The number of amides is 1. The lowest BCUT2D eigenvalue weighted by Gasteiger charge is -2.13. The van der Waals surface area contributed by atoms with E-state index in [0.29, 0.717) is 81.5 Å². The molecule has 1 saturated heterocycles. The van der Waals surface area contributed by atoms with E-state index in [0.717, 1.165) is 19.5 Å². The second-order valence-electron chi connectivity index (χ2n) is 14.3. The number of ether oxygens (including phenoxy) is 3. The molecule has 7 rings (SSSR count). The molecule has 63 heavy (non-hydrogen) atoms. The van der Waals surface area contributed by atoms with Crippen molar-refractivity contribution in [3.05, 3.63) is 121 Å². The summed E-state index contributed by atoms with van der Waals surface area (Å²) in [5, 5.41) is 18.8. The summed E-state index contributed by atoms with van der Waals surface area (Å²) in [6.07, 6.45) is 5.21. The Balaban J connectivity index is 0.000000259. The van der Waals surface area contributed by atoms with Gasteiger partial charge >= 0.3 is 0 Å². The molecule has 19 heteroatoms. The van der Waals surface area contributed by atoms with Crippen LogP contribution in [0.15, 0.2) is 77.5 Å². The van der Waals surface area contributed by atoms with Crippen LogP contribution < -0.4 is 20.9 Å². The molecule has 0 radical (unpaired) electrons. The van der Waals surface area contributed by atoms with Crippen LogP contribution >= 0.6 is 45.9 Å². The standard InChI is InChI=1S/C18H15ClFN3O2S.C16H13ClFN3OS.C5H11NOSi.C4H8O.CH4/c1-25-13-6-5-11(8-15-22-23-16(26-15)9-14(21)24)18(20)17(13)10-3-2-4-12(19)7-10;1-22-12-6-5-10(8-13-20-21-16(19)23-13)15(18)14(12)9-3-2-4-11(17)7-9;1-8(2,3)6-4-5-7;1-2-4-5-3-1;/h2-7H,8-9H2,1H3,(H2,21,24);2-7H,8H2,1H3,(H2,19,21);4-5H,1-3H3;1-4H2;1H4. The number of nitrogens with two attached hydrogens (primary N) is 2. The first-order chi connectivity index (χ1) is 29.6. The van der Waals surface area contributed by atoms with Gasteiger partial charge < -0.3 is 30.3 Å². The topological polar surface area (TPSA) is 178 Å². The van der Waals surface area contributed by atoms with Gasteiger partial charge in [-0.2, -0.15) is 0 Å². The molecule has 2 aromatic heterocycles. The van der Waals surface area contributed by atoms with Gasteiger partial charge in [-0.25, -0.2) is 8.78 Å². The molecule has 0 atom stereocenters. The molecule has 4 aromatic carbocycles. The number of methoxy groups -OCH3 is 2. The molecule has 0 bridgehead atoms. The summed E-state index contributed by atoms with van der Waals surface area (Å²) in [6.45, 7) is 8.23. The Morgan fingerprint density at radius 3 is 1.63 bits per heavy atom. The maximum atomic E-state index is 15.2. The minimum absolute atomic E-state index is 0. The number of primary amides is 1. The molecular weight excluding hydrogens is 908 g/mol. The van der Waals surface area contributed by atoms with E-state index in [2.05, 4.69) is 44.7 Å². The Bertz CT molecular complexity index is 2440. The van der Waals surface area contributed by atoms with E-state index in [1.54, 1.807) is 72.8 Å². The number of hydrogen-bond donors (Lipinski definition) is 2. The quantitative estimate of drug-likeness (QED) is 0.0681. The lowest BCUT2D eigenvalue weighted by atomic mass is 9.99. The Kier molecular flexibility index (Phi) is 21.4. The number of anilines is 1. The molecule has 0 aliphatic carbocycles. The molecule has 336 valence electrons. The van der Waals surface area contributed by atoms with Gasteiger partial charge in [-0.15, -0.1) is 31.7 Å². The zero-order valence-corrected chi connectivity index (χ0v) is 38.9. The van der Waals surface area contributed by atoms with Crippen molar-refractivity contribution in [2.24, 2.45) is 10.4 Å². The van der Waals surface area contributed by atoms with Crippen molar-refractivity contribution < 1.29 is 32.6 Å². The summed E-state index contributed by atoms with van der Waals surface area (Å²) < 4.78 is 49.8. The third-order valence-electron chi connectivity index (χ3n) is 8.38. The van der Waals surface area contributed by atoms with Crippen molar-refractivity contribution in [2.45, 2.75) is 59.2 Å². The number of carbonyl (C=O) groups excluding carboxylic acids is 2. The van der Waals surface area contributed by atoms with Crippen molar-refractivity contribution in [1.29, 1.82) is 0 Å². The fourth-order valence-electron chi connectivity index (χ4n) is 5.65. The first kappa shape index (κ1) is 52.2. The van der Waals surface area contributed by atoms with Gasteiger partial charge in [0.15, 0.2) is 14.5 Å². The van der Waals surface area contributed by atoms with Crippen molar-refractivity contribution in [3.63, 3.8) is 0 Å².